The number of hydrogen-bond donors (Lipinski definition) is 1. The minimum absolute atomic E-state index is 0.0214. The molecule has 2 N–H and O–H groups in total. The summed E-state index contributed by atoms with van der Waals surface area (Å²) in [5.41, 5.74) is 8.02. The predicted molar refractivity (Wildman–Crippen MR) is 85.0 cm³/mol. The van der Waals surface area contributed by atoms with E-state index in [0.717, 1.165) is 24.1 Å². The number of carbonyl (C=O) groups is 1. The van der Waals surface area contributed by atoms with E-state index >= 15 is 0 Å². The first-order valence-electron chi connectivity index (χ1n) is 6.72. The number of halogens is 2. The van der Waals surface area contributed by atoms with Crippen LogP contribution in [-0.2, 0) is 6.42 Å². The number of carbonyl (C=O) groups excluding carboxylic acids is 1. The summed E-state index contributed by atoms with van der Waals surface area (Å²) in [6.45, 7) is 0.652. The first-order valence-corrected chi connectivity index (χ1v) is 7.51. The first-order chi connectivity index (χ1) is 10.1. The van der Waals surface area contributed by atoms with Crippen LogP contribution in [0.15, 0.2) is 40.9 Å². The molecule has 2 aromatic rings. The minimum Gasteiger partial charge on any atom is -0.396 e. The van der Waals surface area contributed by atoms with Crippen molar-refractivity contribution < 1.29 is 9.18 Å². The quantitative estimate of drug-likeness (QED) is 0.797. The van der Waals surface area contributed by atoms with Crippen LogP contribution in [0.25, 0.3) is 0 Å². The molecule has 0 fully saturated rings. The molecule has 2 aromatic carbocycles. The Balaban J connectivity index is 2.03. The zero-order valence-corrected chi connectivity index (χ0v) is 12.9. The normalized spacial score (nSPS) is 13.9. The van der Waals surface area contributed by atoms with Gasteiger partial charge in [-0.05, 0) is 52.5 Å². The summed E-state index contributed by atoms with van der Waals surface area (Å²) in [5, 5.41) is 0. The van der Waals surface area contributed by atoms with Crippen molar-refractivity contribution in [2.24, 2.45) is 0 Å². The maximum absolute atomic E-state index is 13.4. The van der Waals surface area contributed by atoms with Crippen molar-refractivity contribution in [2.45, 2.75) is 12.8 Å². The van der Waals surface area contributed by atoms with E-state index in [9.17, 15) is 9.18 Å². The third-order valence-electron chi connectivity index (χ3n) is 3.67. The number of nitrogens with two attached hydrogens (primary N) is 1. The van der Waals surface area contributed by atoms with Gasteiger partial charge in [0.05, 0.1) is 11.3 Å². The maximum Gasteiger partial charge on any atom is 0.259 e. The smallest absolute Gasteiger partial charge is 0.259 e. The monoisotopic (exact) mass is 348 g/mol. The number of anilines is 2. The Hall–Kier alpha value is -1.88. The molecule has 108 valence electrons. The van der Waals surface area contributed by atoms with Crippen molar-refractivity contribution in [1.29, 1.82) is 0 Å². The lowest BCUT2D eigenvalue weighted by Gasteiger charge is -2.29. The molecule has 0 radical (unpaired) electrons. The Morgan fingerprint density at radius 3 is 2.86 bits per heavy atom. The van der Waals surface area contributed by atoms with Crippen LogP contribution >= 0.6 is 15.9 Å². The lowest BCUT2D eigenvalue weighted by atomic mass is 10.0. The average Bonchev–Trinajstić information content (AvgIpc) is 2.49. The van der Waals surface area contributed by atoms with E-state index in [4.69, 9.17) is 5.73 Å². The summed E-state index contributed by atoms with van der Waals surface area (Å²) in [6, 6.07) is 10.5. The standard InChI is InChI=1S/C16H14BrFN2O/c17-12-9-13(18)14(19)8-11(12)16(21)20-7-3-5-10-4-1-2-6-15(10)20/h1-2,4,6,8-9H,3,5,7,19H2. The molecule has 1 amide bonds. The summed E-state index contributed by atoms with van der Waals surface area (Å²) < 4.78 is 13.8. The van der Waals surface area contributed by atoms with Gasteiger partial charge in [0.15, 0.2) is 0 Å². The highest BCUT2D eigenvalue weighted by molar-refractivity contribution is 9.10. The summed E-state index contributed by atoms with van der Waals surface area (Å²) in [5.74, 6) is -0.696. The van der Waals surface area contributed by atoms with Crippen LogP contribution in [-0.4, -0.2) is 12.5 Å². The molecule has 1 aliphatic heterocycles. The predicted octanol–water partition coefficient (Wildman–Crippen LogP) is 3.76. The van der Waals surface area contributed by atoms with Crippen LogP contribution in [0.1, 0.15) is 22.3 Å². The van der Waals surface area contributed by atoms with Crippen LogP contribution in [0.4, 0.5) is 15.8 Å². The molecule has 0 aromatic heterocycles. The number of hydrogen-bond acceptors (Lipinski definition) is 2. The molecule has 3 nitrogen and oxygen atoms in total. The van der Waals surface area contributed by atoms with Gasteiger partial charge < -0.3 is 10.6 Å². The third-order valence-corrected chi connectivity index (χ3v) is 4.33. The molecule has 5 heteroatoms. The van der Waals surface area contributed by atoms with Gasteiger partial charge >= 0.3 is 0 Å². The number of fused-ring (bicyclic) bond motifs is 1. The molecule has 0 spiro atoms. The van der Waals surface area contributed by atoms with Gasteiger partial charge in [-0.1, -0.05) is 18.2 Å². The molecule has 0 unspecified atom stereocenters. The number of aryl methyl sites for hydroxylation is 1. The van der Waals surface area contributed by atoms with Crippen LogP contribution in [0.5, 0.6) is 0 Å². The van der Waals surface area contributed by atoms with Crippen molar-refractivity contribution in [2.75, 3.05) is 17.2 Å². The molecule has 0 atom stereocenters. The third kappa shape index (κ3) is 2.53. The van der Waals surface area contributed by atoms with E-state index in [1.54, 1.807) is 4.90 Å². The van der Waals surface area contributed by atoms with E-state index in [0.29, 0.717) is 16.6 Å². The van der Waals surface area contributed by atoms with Crippen molar-refractivity contribution >= 4 is 33.2 Å². The van der Waals surface area contributed by atoms with Gasteiger partial charge in [0.1, 0.15) is 5.82 Å². The fourth-order valence-electron chi connectivity index (χ4n) is 2.62. The van der Waals surface area contributed by atoms with Gasteiger partial charge in [0.25, 0.3) is 5.91 Å². The SMILES string of the molecule is Nc1cc(C(=O)N2CCCc3ccccc32)c(Br)cc1F. The van der Waals surface area contributed by atoms with E-state index in [2.05, 4.69) is 15.9 Å². The Kier molecular flexibility index (Phi) is 3.68. The van der Waals surface area contributed by atoms with E-state index < -0.39 is 5.82 Å². The lowest BCUT2D eigenvalue weighted by molar-refractivity contribution is 0.0984. The van der Waals surface area contributed by atoms with Crippen molar-refractivity contribution in [1.82, 2.24) is 0 Å². The second-order valence-corrected chi connectivity index (χ2v) is 5.90. The van der Waals surface area contributed by atoms with Crippen molar-refractivity contribution in [3.05, 3.63) is 57.8 Å². The fourth-order valence-corrected chi connectivity index (χ4v) is 3.10. The Morgan fingerprint density at radius 1 is 1.29 bits per heavy atom. The van der Waals surface area contributed by atoms with E-state index in [1.807, 2.05) is 24.3 Å². The van der Waals surface area contributed by atoms with Crippen LogP contribution < -0.4 is 10.6 Å². The Bertz CT molecular complexity index is 717. The zero-order chi connectivity index (χ0) is 15.0. The fraction of sp³-hybridized carbons (Fsp3) is 0.188. The molecule has 0 saturated heterocycles. The minimum atomic E-state index is -0.530. The Morgan fingerprint density at radius 2 is 2.05 bits per heavy atom. The molecule has 21 heavy (non-hydrogen) atoms. The molecule has 0 bridgehead atoms. The number of amides is 1. The summed E-state index contributed by atoms with van der Waals surface area (Å²) in [6.07, 6.45) is 1.88. The maximum atomic E-state index is 13.4. The topological polar surface area (TPSA) is 46.3 Å². The highest BCUT2D eigenvalue weighted by Crippen LogP contribution is 2.31. The number of nitrogens with zero attached hydrogens (tertiary/aromatic N) is 1. The first kappa shape index (κ1) is 14.1. The van der Waals surface area contributed by atoms with Gasteiger partial charge in [-0.3, -0.25) is 4.79 Å². The second kappa shape index (κ2) is 5.48. The average molecular weight is 349 g/mol. The van der Waals surface area contributed by atoms with E-state index in [1.165, 1.54) is 12.1 Å². The second-order valence-electron chi connectivity index (χ2n) is 5.04. The molecule has 0 saturated carbocycles. The zero-order valence-electron chi connectivity index (χ0n) is 11.3. The molecule has 3 rings (SSSR count). The summed E-state index contributed by atoms with van der Waals surface area (Å²) in [4.78, 5) is 14.5. The number of para-hydroxylation sites is 1. The lowest BCUT2D eigenvalue weighted by Crippen LogP contribution is -2.35. The number of rotatable bonds is 1. The molecule has 0 aliphatic carbocycles. The summed E-state index contributed by atoms with van der Waals surface area (Å²) >= 11 is 3.25. The number of nitrogen functional groups attached to an aromatic ring is 1. The van der Waals surface area contributed by atoms with Gasteiger partial charge in [-0.2, -0.15) is 0 Å². The van der Waals surface area contributed by atoms with Gasteiger partial charge in [0.2, 0.25) is 0 Å². The van der Waals surface area contributed by atoms with Crippen molar-refractivity contribution in [3.8, 4) is 0 Å². The van der Waals surface area contributed by atoms with Gasteiger partial charge in [-0.25, -0.2) is 4.39 Å². The van der Waals surface area contributed by atoms with E-state index in [-0.39, 0.29) is 11.6 Å². The molecule has 1 aliphatic rings. The highest BCUT2D eigenvalue weighted by atomic mass is 79.9. The number of benzene rings is 2. The highest BCUT2D eigenvalue weighted by Gasteiger charge is 2.25. The largest absolute Gasteiger partial charge is 0.396 e. The van der Waals surface area contributed by atoms with Crippen LogP contribution in [0, 0.1) is 5.82 Å². The van der Waals surface area contributed by atoms with Crippen molar-refractivity contribution in [3.63, 3.8) is 0 Å². The molecular formula is C16H14BrFN2O. The van der Waals surface area contributed by atoms with Gasteiger partial charge in [0, 0.05) is 16.7 Å². The van der Waals surface area contributed by atoms with Crippen LogP contribution in [0.3, 0.4) is 0 Å². The van der Waals surface area contributed by atoms with Gasteiger partial charge in [-0.15, -0.1) is 0 Å². The molecule has 1 heterocycles. The molecular weight excluding hydrogens is 335 g/mol. The summed E-state index contributed by atoms with van der Waals surface area (Å²) in [7, 11) is 0. The van der Waals surface area contributed by atoms with Crippen LogP contribution in [0.2, 0.25) is 0 Å². The Labute approximate surface area is 130 Å².